The molecule has 4 heteroatoms. The van der Waals surface area contributed by atoms with E-state index in [1.807, 2.05) is 24.3 Å². The van der Waals surface area contributed by atoms with Crippen molar-refractivity contribution in [1.29, 1.82) is 0 Å². The van der Waals surface area contributed by atoms with E-state index in [0.29, 0.717) is 6.54 Å². The molecule has 0 spiro atoms. The molecule has 0 heterocycles. The Labute approximate surface area is 83.1 Å². The molecule has 0 aliphatic heterocycles. The molecule has 3 N–H and O–H groups in total. The molecule has 4 nitrogen and oxygen atoms in total. The number of benzene rings is 1. The third-order valence-electron chi connectivity index (χ3n) is 1.81. The molecule has 1 aromatic rings. The predicted octanol–water partition coefficient (Wildman–Crippen LogP) is 0.270. The van der Waals surface area contributed by atoms with Gasteiger partial charge in [-0.15, -0.1) is 0 Å². The van der Waals surface area contributed by atoms with Gasteiger partial charge in [-0.1, -0.05) is 12.1 Å². The molecule has 0 radical (unpaired) electrons. The van der Waals surface area contributed by atoms with Crippen LogP contribution in [0.1, 0.15) is 5.56 Å². The van der Waals surface area contributed by atoms with Crippen LogP contribution in [0.5, 0.6) is 5.75 Å². The first kappa shape index (κ1) is 10.5. The van der Waals surface area contributed by atoms with Gasteiger partial charge in [-0.25, -0.2) is 0 Å². The summed E-state index contributed by atoms with van der Waals surface area (Å²) in [6.07, 6.45) is 0. The van der Waals surface area contributed by atoms with E-state index >= 15 is 0 Å². The highest BCUT2D eigenvalue weighted by Crippen LogP contribution is 2.11. The quantitative estimate of drug-likeness (QED) is 0.723. The zero-order valence-corrected chi connectivity index (χ0v) is 8.12. The average Bonchev–Trinajstić information content (AvgIpc) is 2.26. The van der Waals surface area contributed by atoms with Crippen molar-refractivity contribution in [3.63, 3.8) is 0 Å². The minimum absolute atomic E-state index is 0.0178. The van der Waals surface area contributed by atoms with Crippen molar-refractivity contribution in [2.75, 3.05) is 13.7 Å². The van der Waals surface area contributed by atoms with Crippen LogP contribution in [-0.4, -0.2) is 19.6 Å². The molecule has 0 aliphatic carbocycles. The Hall–Kier alpha value is -1.55. The number of nitrogens with one attached hydrogen (secondary N) is 1. The summed E-state index contributed by atoms with van der Waals surface area (Å²) in [7, 11) is 1.61. The first-order valence-electron chi connectivity index (χ1n) is 4.36. The summed E-state index contributed by atoms with van der Waals surface area (Å²) in [5, 5.41) is 2.68. The topological polar surface area (TPSA) is 64.3 Å². The van der Waals surface area contributed by atoms with Gasteiger partial charge < -0.3 is 15.8 Å². The van der Waals surface area contributed by atoms with Crippen LogP contribution in [0.2, 0.25) is 0 Å². The smallest absolute Gasteiger partial charge is 0.234 e. The van der Waals surface area contributed by atoms with Gasteiger partial charge in [0.15, 0.2) is 0 Å². The lowest BCUT2D eigenvalue weighted by Crippen LogP contribution is -2.29. The number of amides is 1. The highest BCUT2D eigenvalue weighted by atomic mass is 16.5. The van der Waals surface area contributed by atoms with Gasteiger partial charge in [-0.2, -0.15) is 0 Å². The van der Waals surface area contributed by atoms with Crippen LogP contribution in [0.3, 0.4) is 0 Å². The van der Waals surface area contributed by atoms with E-state index in [1.54, 1.807) is 7.11 Å². The number of nitrogens with two attached hydrogens (primary N) is 1. The van der Waals surface area contributed by atoms with Crippen LogP contribution in [0.15, 0.2) is 24.3 Å². The lowest BCUT2D eigenvalue weighted by atomic mass is 10.2. The Morgan fingerprint density at radius 3 is 3.00 bits per heavy atom. The van der Waals surface area contributed by atoms with Gasteiger partial charge in [-0.05, 0) is 17.7 Å². The zero-order valence-electron chi connectivity index (χ0n) is 8.12. The molecule has 0 bridgehead atoms. The number of hydrogen-bond donors (Lipinski definition) is 2. The van der Waals surface area contributed by atoms with E-state index in [1.165, 1.54) is 0 Å². The Kier molecular flexibility index (Phi) is 3.94. The van der Waals surface area contributed by atoms with E-state index in [4.69, 9.17) is 10.5 Å². The van der Waals surface area contributed by atoms with Gasteiger partial charge in [0.05, 0.1) is 13.7 Å². The van der Waals surface area contributed by atoms with Crippen LogP contribution < -0.4 is 15.8 Å². The zero-order chi connectivity index (χ0) is 10.4. The van der Waals surface area contributed by atoms with Gasteiger partial charge >= 0.3 is 0 Å². The Bertz CT molecular complexity index is 313. The summed E-state index contributed by atoms with van der Waals surface area (Å²) in [6.45, 7) is 0.497. The number of ether oxygens (including phenoxy) is 1. The molecule has 0 atom stereocenters. The fraction of sp³-hybridized carbons (Fsp3) is 0.300. The van der Waals surface area contributed by atoms with E-state index < -0.39 is 0 Å². The number of carbonyl (C=O) groups is 1. The lowest BCUT2D eigenvalue weighted by Gasteiger charge is -2.05. The van der Waals surface area contributed by atoms with Gasteiger partial charge in [0.25, 0.3) is 0 Å². The minimum Gasteiger partial charge on any atom is -0.497 e. The second-order valence-electron chi connectivity index (χ2n) is 2.83. The largest absolute Gasteiger partial charge is 0.497 e. The second-order valence-corrected chi connectivity index (χ2v) is 2.83. The molecule has 1 amide bonds. The number of hydrogen-bond acceptors (Lipinski definition) is 3. The summed E-state index contributed by atoms with van der Waals surface area (Å²) < 4.78 is 5.05. The molecular weight excluding hydrogens is 180 g/mol. The van der Waals surface area contributed by atoms with E-state index in [2.05, 4.69) is 5.32 Å². The molecule has 0 fully saturated rings. The van der Waals surface area contributed by atoms with Crippen LogP contribution in [0.25, 0.3) is 0 Å². The number of rotatable bonds is 4. The monoisotopic (exact) mass is 194 g/mol. The standard InChI is InChI=1S/C10H14N2O2/c1-14-9-4-2-3-8(5-9)7-12-10(13)6-11/h2-5H,6-7,11H2,1H3,(H,12,13). The summed E-state index contributed by atoms with van der Waals surface area (Å²) in [6, 6.07) is 7.52. The summed E-state index contributed by atoms with van der Waals surface area (Å²) in [5.41, 5.74) is 6.15. The van der Waals surface area contributed by atoms with E-state index in [-0.39, 0.29) is 12.5 Å². The van der Waals surface area contributed by atoms with Crippen LogP contribution in [-0.2, 0) is 11.3 Å². The second kappa shape index (κ2) is 5.24. The van der Waals surface area contributed by atoms with Gasteiger partial charge in [0, 0.05) is 6.54 Å². The van der Waals surface area contributed by atoms with E-state index in [0.717, 1.165) is 11.3 Å². The highest BCUT2D eigenvalue weighted by molar-refractivity contribution is 5.77. The third-order valence-corrected chi connectivity index (χ3v) is 1.81. The van der Waals surface area contributed by atoms with Gasteiger partial charge in [0.1, 0.15) is 5.75 Å². The van der Waals surface area contributed by atoms with Crippen molar-refractivity contribution in [3.8, 4) is 5.75 Å². The molecule has 1 rings (SSSR count). The molecular formula is C10H14N2O2. The maximum atomic E-state index is 10.9. The third kappa shape index (κ3) is 3.06. The maximum Gasteiger partial charge on any atom is 0.234 e. The molecule has 1 aromatic carbocycles. The van der Waals surface area contributed by atoms with Crippen molar-refractivity contribution in [2.24, 2.45) is 5.73 Å². The molecule has 76 valence electrons. The van der Waals surface area contributed by atoms with Crippen LogP contribution in [0, 0.1) is 0 Å². The maximum absolute atomic E-state index is 10.9. The Balaban J connectivity index is 2.54. The number of carbonyl (C=O) groups excluding carboxylic acids is 1. The van der Waals surface area contributed by atoms with E-state index in [9.17, 15) is 4.79 Å². The molecule has 0 aromatic heterocycles. The molecule has 0 aliphatic rings. The Morgan fingerprint density at radius 2 is 2.36 bits per heavy atom. The lowest BCUT2D eigenvalue weighted by molar-refractivity contribution is -0.119. The van der Waals surface area contributed by atoms with Gasteiger partial charge in [0.2, 0.25) is 5.91 Å². The van der Waals surface area contributed by atoms with Crippen molar-refractivity contribution in [2.45, 2.75) is 6.54 Å². The fourth-order valence-corrected chi connectivity index (χ4v) is 1.06. The minimum atomic E-state index is -0.159. The SMILES string of the molecule is COc1cccc(CNC(=O)CN)c1. The van der Waals surface area contributed by atoms with Crippen molar-refractivity contribution >= 4 is 5.91 Å². The molecule has 0 unspecified atom stereocenters. The van der Waals surface area contributed by atoms with Gasteiger partial charge in [-0.3, -0.25) is 4.79 Å². The van der Waals surface area contributed by atoms with Crippen LogP contribution >= 0.6 is 0 Å². The highest BCUT2D eigenvalue weighted by Gasteiger charge is 1.98. The van der Waals surface area contributed by atoms with Crippen molar-refractivity contribution in [1.82, 2.24) is 5.32 Å². The first-order valence-corrected chi connectivity index (χ1v) is 4.36. The molecule has 14 heavy (non-hydrogen) atoms. The predicted molar refractivity (Wildman–Crippen MR) is 53.9 cm³/mol. The molecule has 0 saturated heterocycles. The van der Waals surface area contributed by atoms with Crippen molar-refractivity contribution in [3.05, 3.63) is 29.8 Å². The van der Waals surface area contributed by atoms with Crippen LogP contribution in [0.4, 0.5) is 0 Å². The summed E-state index contributed by atoms with van der Waals surface area (Å²) in [4.78, 5) is 10.9. The fourth-order valence-electron chi connectivity index (χ4n) is 1.06. The molecule has 0 saturated carbocycles. The summed E-state index contributed by atoms with van der Waals surface area (Å²) in [5.74, 6) is 0.623. The number of methoxy groups -OCH3 is 1. The first-order chi connectivity index (χ1) is 6.76. The van der Waals surface area contributed by atoms with Crippen molar-refractivity contribution < 1.29 is 9.53 Å². The summed E-state index contributed by atoms with van der Waals surface area (Å²) >= 11 is 0. The average molecular weight is 194 g/mol. The normalized spacial score (nSPS) is 9.57. The Morgan fingerprint density at radius 1 is 1.57 bits per heavy atom.